The molecular weight excluding hydrogens is 486 g/mol. The van der Waals surface area contributed by atoms with Gasteiger partial charge in [-0.05, 0) is 85.0 Å². The molecule has 2 amide bonds. The molecule has 0 unspecified atom stereocenters. The summed E-state index contributed by atoms with van der Waals surface area (Å²) < 4.78 is 5.89. The van der Waals surface area contributed by atoms with Crippen molar-refractivity contribution in [1.82, 2.24) is 9.80 Å². The van der Waals surface area contributed by atoms with E-state index in [1.807, 2.05) is 110 Å². The van der Waals surface area contributed by atoms with Gasteiger partial charge in [0.05, 0.1) is 11.3 Å². The number of amides is 2. The Hall–Kier alpha value is -4.81. The Balaban J connectivity index is 1.41. The molecule has 0 radical (unpaired) electrons. The third-order valence-electron chi connectivity index (χ3n) is 6.90. The lowest BCUT2D eigenvalue weighted by Crippen LogP contribution is -2.43. The molecule has 0 saturated heterocycles. The molecular formula is C33H27N3O3. The summed E-state index contributed by atoms with van der Waals surface area (Å²) in [5, 5.41) is 3.24. The van der Waals surface area contributed by atoms with E-state index in [-0.39, 0.29) is 11.8 Å². The summed E-state index contributed by atoms with van der Waals surface area (Å²) in [4.78, 5) is 35.4. The van der Waals surface area contributed by atoms with Gasteiger partial charge in [0.1, 0.15) is 11.5 Å². The second kappa shape index (κ2) is 10.2. The minimum absolute atomic E-state index is 0.252. The Kier molecular flexibility index (Phi) is 6.39. The highest BCUT2D eigenvalue weighted by atomic mass is 16.5. The second-order valence-corrected chi connectivity index (χ2v) is 9.84. The van der Waals surface area contributed by atoms with E-state index >= 15 is 0 Å². The zero-order chi connectivity index (χ0) is 26.9. The van der Waals surface area contributed by atoms with Gasteiger partial charge in [0.15, 0.2) is 0 Å². The van der Waals surface area contributed by atoms with Crippen LogP contribution in [0.4, 0.5) is 5.69 Å². The molecule has 0 spiro atoms. The molecule has 0 fully saturated rings. The minimum Gasteiger partial charge on any atom is -0.457 e. The number of carbonyl (C=O) groups excluding carboxylic acids is 2. The van der Waals surface area contributed by atoms with Crippen LogP contribution in [0.3, 0.4) is 0 Å². The van der Waals surface area contributed by atoms with Crippen LogP contribution in [-0.4, -0.2) is 55.0 Å². The number of carbonyl (C=O) groups is 2. The number of rotatable bonds is 7. The van der Waals surface area contributed by atoms with Gasteiger partial charge in [-0.1, -0.05) is 42.5 Å². The van der Waals surface area contributed by atoms with Crippen LogP contribution in [0.1, 0.15) is 26.3 Å². The summed E-state index contributed by atoms with van der Waals surface area (Å²) in [5.74, 6) is 0.984. The maximum atomic E-state index is 13.9. The number of imide groups is 1. The first kappa shape index (κ1) is 24.5. The van der Waals surface area contributed by atoms with Gasteiger partial charge in [-0.15, -0.1) is 0 Å². The summed E-state index contributed by atoms with van der Waals surface area (Å²) in [5.41, 5.74) is 2.67. The summed E-state index contributed by atoms with van der Waals surface area (Å²) in [6.07, 6.45) is 1.78. The summed E-state index contributed by atoms with van der Waals surface area (Å²) in [6, 6.07) is 30.8. The summed E-state index contributed by atoms with van der Waals surface area (Å²) >= 11 is 0. The maximum Gasteiger partial charge on any atom is 0.262 e. The first-order chi connectivity index (χ1) is 19.0. The van der Waals surface area contributed by atoms with Gasteiger partial charge >= 0.3 is 0 Å². The number of nitrogens with zero attached hydrogens (tertiary/aromatic N) is 3. The fourth-order valence-electron chi connectivity index (χ4n) is 4.98. The van der Waals surface area contributed by atoms with Gasteiger partial charge in [0.2, 0.25) is 0 Å². The van der Waals surface area contributed by atoms with E-state index < -0.39 is 0 Å². The van der Waals surface area contributed by atoms with Crippen molar-refractivity contribution in [2.24, 2.45) is 4.99 Å². The van der Waals surface area contributed by atoms with Crippen molar-refractivity contribution >= 4 is 45.3 Å². The number of ether oxygens (including phenoxy) is 1. The molecule has 5 aromatic rings. The van der Waals surface area contributed by atoms with E-state index in [1.165, 1.54) is 4.90 Å². The van der Waals surface area contributed by atoms with Crippen molar-refractivity contribution < 1.29 is 14.3 Å². The van der Waals surface area contributed by atoms with Crippen molar-refractivity contribution in [3.8, 4) is 11.5 Å². The van der Waals surface area contributed by atoms with E-state index in [0.29, 0.717) is 35.3 Å². The number of fused-ring (bicyclic) bond motifs is 2. The SMILES string of the molecule is CN(C)CCN1C(=O)c2cccc3cc4cccc(N=Cc5ccc(Oc6ccccc6)cc5)c4c(c23)C1=O. The highest BCUT2D eigenvalue weighted by Crippen LogP contribution is 2.39. The van der Waals surface area contributed by atoms with Gasteiger partial charge in [0.25, 0.3) is 11.8 Å². The van der Waals surface area contributed by atoms with E-state index in [0.717, 1.165) is 33.2 Å². The number of benzene rings is 5. The number of hydrogen-bond acceptors (Lipinski definition) is 5. The van der Waals surface area contributed by atoms with Gasteiger partial charge in [-0.25, -0.2) is 0 Å². The van der Waals surface area contributed by atoms with Gasteiger partial charge in [-0.2, -0.15) is 0 Å². The van der Waals surface area contributed by atoms with Gasteiger partial charge < -0.3 is 9.64 Å². The Morgan fingerprint density at radius 2 is 1.46 bits per heavy atom. The Morgan fingerprint density at radius 1 is 0.769 bits per heavy atom. The van der Waals surface area contributed by atoms with Crippen LogP contribution in [0.5, 0.6) is 11.5 Å². The van der Waals surface area contributed by atoms with Crippen LogP contribution in [0.15, 0.2) is 102 Å². The zero-order valence-corrected chi connectivity index (χ0v) is 21.8. The molecule has 6 nitrogen and oxygen atoms in total. The lowest BCUT2D eigenvalue weighted by molar-refractivity contribution is 0.0602. The lowest BCUT2D eigenvalue weighted by atomic mass is 9.89. The number of para-hydroxylation sites is 1. The first-order valence-electron chi connectivity index (χ1n) is 12.9. The third kappa shape index (κ3) is 4.67. The molecule has 0 N–H and O–H groups in total. The smallest absolute Gasteiger partial charge is 0.262 e. The van der Waals surface area contributed by atoms with Crippen LogP contribution in [0, 0.1) is 0 Å². The molecule has 0 bridgehead atoms. The van der Waals surface area contributed by atoms with Crippen molar-refractivity contribution in [2.45, 2.75) is 0 Å². The normalized spacial score (nSPS) is 13.3. The molecule has 0 atom stereocenters. The first-order valence-corrected chi connectivity index (χ1v) is 12.9. The van der Waals surface area contributed by atoms with E-state index in [1.54, 1.807) is 12.3 Å². The molecule has 1 aliphatic rings. The summed E-state index contributed by atoms with van der Waals surface area (Å²) in [7, 11) is 3.85. The minimum atomic E-state index is -0.277. The van der Waals surface area contributed by atoms with Crippen molar-refractivity contribution in [1.29, 1.82) is 0 Å². The molecule has 1 heterocycles. The molecule has 1 aliphatic heterocycles. The quantitative estimate of drug-likeness (QED) is 0.138. The molecule has 192 valence electrons. The van der Waals surface area contributed by atoms with Crippen molar-refractivity contribution in [3.63, 3.8) is 0 Å². The Bertz CT molecular complexity index is 1740. The maximum absolute atomic E-state index is 13.9. The lowest BCUT2D eigenvalue weighted by Gasteiger charge is -2.29. The van der Waals surface area contributed by atoms with Crippen LogP contribution in [0.2, 0.25) is 0 Å². The number of aliphatic imine (C=N–C) groups is 1. The third-order valence-corrected chi connectivity index (χ3v) is 6.90. The average molecular weight is 514 g/mol. The second-order valence-electron chi connectivity index (χ2n) is 9.84. The molecule has 39 heavy (non-hydrogen) atoms. The van der Waals surface area contributed by atoms with Crippen molar-refractivity contribution in [2.75, 3.05) is 27.2 Å². The molecule has 6 heteroatoms. The number of hydrogen-bond donors (Lipinski definition) is 0. The molecule has 0 aliphatic carbocycles. The standard InChI is InChI=1S/C33H27N3O3/c1-35(2)18-19-36-32(37)27-12-6-8-23-20-24-9-7-13-28(30(24)31(29(23)27)33(36)38)34-21-22-14-16-26(17-15-22)39-25-10-4-3-5-11-25/h3-17,20-21H,18-19H2,1-2H3. The Morgan fingerprint density at radius 3 is 2.21 bits per heavy atom. The topological polar surface area (TPSA) is 62.2 Å². The molecule has 0 aromatic heterocycles. The van der Waals surface area contributed by atoms with E-state index in [2.05, 4.69) is 0 Å². The van der Waals surface area contributed by atoms with Crippen LogP contribution >= 0.6 is 0 Å². The fourth-order valence-corrected chi connectivity index (χ4v) is 4.98. The fraction of sp³-hybridized carbons (Fsp3) is 0.121. The highest BCUT2D eigenvalue weighted by molar-refractivity contribution is 6.31. The van der Waals surface area contributed by atoms with E-state index in [4.69, 9.17) is 9.73 Å². The van der Waals surface area contributed by atoms with Gasteiger partial charge in [-0.3, -0.25) is 19.5 Å². The largest absolute Gasteiger partial charge is 0.457 e. The van der Waals surface area contributed by atoms with Crippen LogP contribution in [-0.2, 0) is 0 Å². The molecule has 6 rings (SSSR count). The van der Waals surface area contributed by atoms with Crippen molar-refractivity contribution in [3.05, 3.63) is 114 Å². The highest BCUT2D eigenvalue weighted by Gasteiger charge is 2.34. The van der Waals surface area contributed by atoms with Gasteiger partial charge in [0, 0.05) is 35.6 Å². The van der Waals surface area contributed by atoms with E-state index in [9.17, 15) is 9.59 Å². The molecule has 0 saturated carbocycles. The predicted octanol–water partition coefficient (Wildman–Crippen LogP) is 6.69. The van der Waals surface area contributed by atoms with Crippen LogP contribution in [0.25, 0.3) is 21.5 Å². The predicted molar refractivity (Wildman–Crippen MR) is 156 cm³/mol. The molecule has 5 aromatic carbocycles. The summed E-state index contributed by atoms with van der Waals surface area (Å²) in [6.45, 7) is 0.905. The van der Waals surface area contributed by atoms with Crippen LogP contribution < -0.4 is 4.74 Å². The number of likely N-dealkylation sites (N-methyl/N-ethyl adjacent to an activating group) is 1. The zero-order valence-electron chi connectivity index (χ0n) is 21.8. The monoisotopic (exact) mass is 513 g/mol. The Labute approximate surface area is 226 Å². The average Bonchev–Trinajstić information content (AvgIpc) is 2.95.